The van der Waals surface area contributed by atoms with Crippen LogP contribution in [0.3, 0.4) is 0 Å². The van der Waals surface area contributed by atoms with E-state index < -0.39 is 0 Å². The van der Waals surface area contributed by atoms with Crippen molar-refractivity contribution >= 4 is 22.9 Å². The second-order valence-electron chi connectivity index (χ2n) is 4.98. The van der Waals surface area contributed by atoms with Crippen LogP contribution in [0.4, 0.5) is 5.69 Å². The number of carbonyl (C=O) groups is 1. The first-order valence-electron chi connectivity index (χ1n) is 6.76. The zero-order valence-corrected chi connectivity index (χ0v) is 12.2. The number of benzene rings is 1. The minimum atomic E-state index is 0.220. The summed E-state index contributed by atoms with van der Waals surface area (Å²) in [6.45, 7) is 0.652. The molecule has 0 saturated heterocycles. The fourth-order valence-corrected chi connectivity index (χ4v) is 2.86. The van der Waals surface area contributed by atoms with Crippen molar-refractivity contribution in [3.8, 4) is 5.75 Å². The lowest BCUT2D eigenvalue weighted by Gasteiger charge is -2.22. The number of hydrogen-bond acceptors (Lipinski definition) is 3. The first kappa shape index (κ1) is 13.2. The van der Waals surface area contributed by atoms with E-state index in [0.717, 1.165) is 24.3 Å². The summed E-state index contributed by atoms with van der Waals surface area (Å²) in [7, 11) is 1.65. The summed E-state index contributed by atoms with van der Waals surface area (Å²) in [4.78, 5) is 15.6. The Kier molecular flexibility index (Phi) is 3.74. The van der Waals surface area contributed by atoms with Crippen molar-refractivity contribution in [1.29, 1.82) is 0 Å². The molecule has 3 nitrogen and oxygen atoms in total. The Labute approximate surface area is 122 Å². The molecule has 1 aromatic carbocycles. The van der Waals surface area contributed by atoms with Gasteiger partial charge in [-0.25, -0.2) is 0 Å². The van der Waals surface area contributed by atoms with Gasteiger partial charge < -0.3 is 9.64 Å². The first-order chi connectivity index (χ1) is 9.78. The highest BCUT2D eigenvalue weighted by Gasteiger charge is 2.34. The van der Waals surface area contributed by atoms with Crippen molar-refractivity contribution in [2.24, 2.45) is 5.92 Å². The van der Waals surface area contributed by atoms with Crippen LogP contribution < -0.4 is 9.64 Å². The van der Waals surface area contributed by atoms with Crippen LogP contribution in [0.2, 0.25) is 0 Å². The molecule has 104 valence electrons. The highest BCUT2D eigenvalue weighted by Crippen LogP contribution is 2.34. The molecular formula is C16H17NO2S. The average molecular weight is 287 g/mol. The van der Waals surface area contributed by atoms with E-state index in [1.807, 2.05) is 40.6 Å². The van der Waals surface area contributed by atoms with Crippen molar-refractivity contribution < 1.29 is 9.53 Å². The van der Waals surface area contributed by atoms with Gasteiger partial charge in [-0.2, -0.15) is 0 Å². The van der Waals surface area contributed by atoms with Crippen LogP contribution >= 0.6 is 11.3 Å². The average Bonchev–Trinajstić information content (AvgIpc) is 3.22. The Bertz CT molecular complexity index is 573. The fourth-order valence-electron chi connectivity index (χ4n) is 2.17. The molecule has 2 aromatic rings. The van der Waals surface area contributed by atoms with E-state index in [2.05, 4.69) is 6.07 Å². The predicted octanol–water partition coefficient (Wildman–Crippen LogP) is 3.70. The summed E-state index contributed by atoms with van der Waals surface area (Å²) in [5.41, 5.74) is 0.941. The van der Waals surface area contributed by atoms with Gasteiger partial charge in [0.25, 0.3) is 0 Å². The van der Waals surface area contributed by atoms with Crippen LogP contribution in [0.1, 0.15) is 17.7 Å². The van der Waals surface area contributed by atoms with Gasteiger partial charge in [-0.15, -0.1) is 11.3 Å². The molecule has 1 heterocycles. The molecule has 0 N–H and O–H groups in total. The maximum Gasteiger partial charge on any atom is 0.230 e. The molecule has 1 saturated carbocycles. The van der Waals surface area contributed by atoms with Crippen molar-refractivity contribution in [1.82, 2.24) is 0 Å². The third kappa shape index (κ3) is 2.85. The first-order valence-corrected chi connectivity index (χ1v) is 7.63. The van der Waals surface area contributed by atoms with Gasteiger partial charge in [0, 0.05) is 16.5 Å². The van der Waals surface area contributed by atoms with Gasteiger partial charge in [0.15, 0.2) is 0 Å². The molecule has 0 atom stereocenters. The smallest absolute Gasteiger partial charge is 0.230 e. The molecule has 1 amide bonds. The van der Waals surface area contributed by atoms with Gasteiger partial charge in [-0.05, 0) is 48.6 Å². The highest BCUT2D eigenvalue weighted by molar-refractivity contribution is 7.09. The quantitative estimate of drug-likeness (QED) is 0.839. The molecule has 1 aliphatic rings. The minimum absolute atomic E-state index is 0.220. The van der Waals surface area contributed by atoms with Crippen LogP contribution in [0.15, 0.2) is 41.8 Å². The number of amides is 1. The van der Waals surface area contributed by atoms with Gasteiger partial charge in [-0.3, -0.25) is 4.79 Å². The number of thiophene rings is 1. The van der Waals surface area contributed by atoms with Gasteiger partial charge in [0.05, 0.1) is 13.7 Å². The Morgan fingerprint density at radius 2 is 2.05 bits per heavy atom. The molecule has 1 fully saturated rings. The molecule has 20 heavy (non-hydrogen) atoms. The summed E-state index contributed by atoms with van der Waals surface area (Å²) in [5, 5.41) is 2.04. The second-order valence-corrected chi connectivity index (χ2v) is 6.01. The number of anilines is 1. The SMILES string of the molecule is COc1ccc(N(Cc2cccs2)C(=O)C2CC2)cc1. The van der Waals surface area contributed by atoms with Gasteiger partial charge >= 0.3 is 0 Å². The molecule has 4 heteroatoms. The predicted molar refractivity (Wildman–Crippen MR) is 81.2 cm³/mol. The van der Waals surface area contributed by atoms with Crippen LogP contribution in [0.25, 0.3) is 0 Å². The van der Waals surface area contributed by atoms with Crippen LogP contribution in [0, 0.1) is 5.92 Å². The zero-order chi connectivity index (χ0) is 13.9. The number of hydrogen-bond donors (Lipinski definition) is 0. The molecule has 0 bridgehead atoms. The van der Waals surface area contributed by atoms with Crippen molar-refractivity contribution in [2.45, 2.75) is 19.4 Å². The van der Waals surface area contributed by atoms with E-state index in [9.17, 15) is 4.79 Å². The Morgan fingerprint density at radius 1 is 1.30 bits per heavy atom. The van der Waals surface area contributed by atoms with E-state index in [1.54, 1.807) is 18.4 Å². The maximum atomic E-state index is 12.5. The van der Waals surface area contributed by atoms with Gasteiger partial charge in [-0.1, -0.05) is 6.07 Å². The summed E-state index contributed by atoms with van der Waals surface area (Å²) in [6.07, 6.45) is 2.05. The third-order valence-corrected chi connectivity index (χ3v) is 4.33. The molecule has 0 aliphatic heterocycles. The molecule has 0 unspecified atom stereocenters. The van der Waals surface area contributed by atoms with Gasteiger partial charge in [0.2, 0.25) is 5.91 Å². The van der Waals surface area contributed by atoms with E-state index in [-0.39, 0.29) is 11.8 Å². The van der Waals surface area contributed by atoms with Gasteiger partial charge in [0.1, 0.15) is 5.75 Å². The molecule has 3 rings (SSSR count). The topological polar surface area (TPSA) is 29.5 Å². The lowest BCUT2D eigenvalue weighted by molar-refractivity contribution is -0.119. The minimum Gasteiger partial charge on any atom is -0.497 e. The van der Waals surface area contributed by atoms with E-state index in [1.165, 1.54) is 4.88 Å². The number of carbonyl (C=O) groups excluding carboxylic acids is 1. The summed E-state index contributed by atoms with van der Waals surface area (Å²) in [5.74, 6) is 1.27. The Morgan fingerprint density at radius 3 is 2.60 bits per heavy atom. The van der Waals surface area contributed by atoms with Crippen LogP contribution in [-0.4, -0.2) is 13.0 Å². The Hall–Kier alpha value is -1.81. The monoisotopic (exact) mass is 287 g/mol. The molecule has 1 aliphatic carbocycles. The lowest BCUT2D eigenvalue weighted by Crippen LogP contribution is -2.31. The Balaban J connectivity index is 1.84. The number of ether oxygens (including phenoxy) is 1. The lowest BCUT2D eigenvalue weighted by atomic mass is 10.2. The number of rotatable bonds is 5. The third-order valence-electron chi connectivity index (χ3n) is 3.47. The standard InChI is InChI=1S/C16H17NO2S/c1-19-14-8-6-13(7-9-14)17(16(18)12-4-5-12)11-15-3-2-10-20-15/h2-3,6-10,12H,4-5,11H2,1H3. The largest absolute Gasteiger partial charge is 0.497 e. The maximum absolute atomic E-state index is 12.5. The van der Waals surface area contributed by atoms with E-state index in [0.29, 0.717) is 6.54 Å². The van der Waals surface area contributed by atoms with Crippen molar-refractivity contribution in [3.63, 3.8) is 0 Å². The molecular weight excluding hydrogens is 270 g/mol. The van der Waals surface area contributed by atoms with Crippen LogP contribution in [0.5, 0.6) is 5.75 Å². The number of methoxy groups -OCH3 is 1. The van der Waals surface area contributed by atoms with E-state index >= 15 is 0 Å². The van der Waals surface area contributed by atoms with Crippen molar-refractivity contribution in [2.75, 3.05) is 12.0 Å². The van der Waals surface area contributed by atoms with Crippen LogP contribution in [-0.2, 0) is 11.3 Å². The van der Waals surface area contributed by atoms with Crippen molar-refractivity contribution in [3.05, 3.63) is 46.7 Å². The molecule has 0 spiro atoms. The molecule has 1 aromatic heterocycles. The normalized spacial score (nSPS) is 14.1. The van der Waals surface area contributed by atoms with E-state index in [4.69, 9.17) is 4.74 Å². The fraction of sp³-hybridized carbons (Fsp3) is 0.312. The second kappa shape index (κ2) is 5.67. The number of nitrogens with zero attached hydrogens (tertiary/aromatic N) is 1. The summed E-state index contributed by atoms with van der Waals surface area (Å²) in [6, 6.07) is 11.8. The summed E-state index contributed by atoms with van der Waals surface area (Å²) < 4.78 is 5.17. The summed E-state index contributed by atoms with van der Waals surface area (Å²) >= 11 is 1.68. The molecule has 0 radical (unpaired) electrons. The highest BCUT2D eigenvalue weighted by atomic mass is 32.1. The zero-order valence-electron chi connectivity index (χ0n) is 11.4.